The molecule has 0 saturated carbocycles. The van der Waals surface area contributed by atoms with Crippen LogP contribution < -0.4 is 10.1 Å². The maximum absolute atomic E-state index is 12.6. The van der Waals surface area contributed by atoms with E-state index >= 15 is 0 Å². The van der Waals surface area contributed by atoms with Crippen LogP contribution in [0.3, 0.4) is 0 Å². The summed E-state index contributed by atoms with van der Waals surface area (Å²) < 4.78 is 10.9. The highest BCUT2D eigenvalue weighted by Crippen LogP contribution is 2.44. The number of carbonyl (C=O) groups is 2. The molecule has 1 atom stereocenters. The fraction of sp³-hybridized carbons (Fsp3) is 0.538. The molecule has 0 radical (unpaired) electrons. The number of aryl methyl sites for hydroxylation is 2. The van der Waals surface area contributed by atoms with Gasteiger partial charge >= 0.3 is 5.97 Å². The van der Waals surface area contributed by atoms with E-state index in [9.17, 15) is 9.59 Å². The average molecular weight is 458 g/mol. The quantitative estimate of drug-likeness (QED) is 0.403. The van der Waals surface area contributed by atoms with Crippen molar-refractivity contribution >= 4 is 28.2 Å². The van der Waals surface area contributed by atoms with Gasteiger partial charge in [0, 0.05) is 11.3 Å². The van der Waals surface area contributed by atoms with Crippen LogP contribution in [0, 0.1) is 25.2 Å². The van der Waals surface area contributed by atoms with Crippen LogP contribution in [0.1, 0.15) is 72.0 Å². The summed E-state index contributed by atoms with van der Waals surface area (Å²) in [4.78, 5) is 26.3. The third kappa shape index (κ3) is 5.71. The van der Waals surface area contributed by atoms with Crippen LogP contribution in [-0.2, 0) is 22.4 Å². The van der Waals surface area contributed by atoms with Gasteiger partial charge in [0.1, 0.15) is 10.8 Å². The number of methoxy groups -OCH3 is 1. The van der Waals surface area contributed by atoms with Gasteiger partial charge in [0.05, 0.1) is 19.3 Å². The number of fused-ring (bicyclic) bond motifs is 1. The third-order valence-electron chi connectivity index (χ3n) is 6.28. The zero-order valence-corrected chi connectivity index (χ0v) is 20.9. The minimum Gasteiger partial charge on any atom is -0.493 e. The number of carbonyl (C=O) groups excluding carboxylic acids is 2. The molecule has 32 heavy (non-hydrogen) atoms. The molecule has 2 aromatic rings. The monoisotopic (exact) mass is 457 g/mol. The first-order chi connectivity index (χ1) is 15.1. The van der Waals surface area contributed by atoms with Crippen molar-refractivity contribution in [2.24, 2.45) is 11.3 Å². The van der Waals surface area contributed by atoms with Gasteiger partial charge in [0.15, 0.2) is 0 Å². The second-order valence-corrected chi connectivity index (χ2v) is 10.9. The van der Waals surface area contributed by atoms with Crippen LogP contribution in [0.15, 0.2) is 18.2 Å². The highest BCUT2D eigenvalue weighted by atomic mass is 32.1. The minimum absolute atomic E-state index is 0.106. The van der Waals surface area contributed by atoms with Crippen molar-refractivity contribution in [1.29, 1.82) is 0 Å². The Morgan fingerprint density at radius 1 is 1.22 bits per heavy atom. The van der Waals surface area contributed by atoms with Gasteiger partial charge in [-0.05, 0) is 73.6 Å². The van der Waals surface area contributed by atoms with Crippen molar-refractivity contribution in [2.75, 3.05) is 19.0 Å². The Kier molecular flexibility index (Phi) is 7.65. The second-order valence-electron chi connectivity index (χ2n) is 9.77. The van der Waals surface area contributed by atoms with E-state index < -0.39 is 0 Å². The molecule has 1 aliphatic carbocycles. The van der Waals surface area contributed by atoms with E-state index in [0.29, 0.717) is 35.9 Å². The molecule has 0 spiro atoms. The first kappa shape index (κ1) is 24.3. The van der Waals surface area contributed by atoms with Gasteiger partial charge in [0.25, 0.3) is 0 Å². The number of anilines is 1. The van der Waals surface area contributed by atoms with Crippen molar-refractivity contribution in [3.8, 4) is 5.75 Å². The van der Waals surface area contributed by atoms with Gasteiger partial charge in [-0.1, -0.05) is 32.9 Å². The Morgan fingerprint density at radius 3 is 2.66 bits per heavy atom. The van der Waals surface area contributed by atoms with E-state index in [1.165, 1.54) is 23.3 Å². The zero-order chi connectivity index (χ0) is 23.5. The Bertz CT molecular complexity index is 986. The van der Waals surface area contributed by atoms with E-state index in [4.69, 9.17) is 9.47 Å². The summed E-state index contributed by atoms with van der Waals surface area (Å²) >= 11 is 1.53. The largest absolute Gasteiger partial charge is 0.493 e. The molecular formula is C26H35NO4S. The molecule has 1 N–H and O–H groups in total. The van der Waals surface area contributed by atoms with E-state index in [-0.39, 0.29) is 17.3 Å². The van der Waals surface area contributed by atoms with Gasteiger partial charge in [-0.25, -0.2) is 4.79 Å². The minimum atomic E-state index is -0.370. The predicted octanol–water partition coefficient (Wildman–Crippen LogP) is 6.10. The molecule has 1 unspecified atom stereocenters. The molecule has 1 aliphatic rings. The smallest absolute Gasteiger partial charge is 0.341 e. The van der Waals surface area contributed by atoms with E-state index in [1.807, 2.05) is 26.0 Å². The average Bonchev–Trinajstić information content (AvgIpc) is 3.09. The number of rotatable bonds is 7. The molecule has 5 nitrogen and oxygen atoms in total. The summed E-state index contributed by atoms with van der Waals surface area (Å²) in [5.74, 6) is 0.943. The molecule has 3 rings (SSSR count). The van der Waals surface area contributed by atoms with Crippen molar-refractivity contribution in [3.63, 3.8) is 0 Å². The van der Waals surface area contributed by atoms with Crippen LogP contribution in [0.2, 0.25) is 0 Å². The third-order valence-corrected chi connectivity index (χ3v) is 7.45. The SMILES string of the molecule is COC(=O)c1c(NC(=O)CCCOc2cc(C)ccc2C)sc2c1CCC(C(C)(C)C)C2. The van der Waals surface area contributed by atoms with Crippen molar-refractivity contribution in [3.05, 3.63) is 45.3 Å². The Morgan fingerprint density at radius 2 is 1.97 bits per heavy atom. The van der Waals surface area contributed by atoms with Crippen LogP contribution in [0.25, 0.3) is 0 Å². The number of nitrogens with one attached hydrogen (secondary N) is 1. The van der Waals surface area contributed by atoms with Gasteiger partial charge in [-0.3, -0.25) is 4.79 Å². The summed E-state index contributed by atoms with van der Waals surface area (Å²) in [6, 6.07) is 6.10. The van der Waals surface area contributed by atoms with E-state index in [2.05, 4.69) is 32.2 Å². The summed E-state index contributed by atoms with van der Waals surface area (Å²) in [7, 11) is 1.39. The highest BCUT2D eigenvalue weighted by molar-refractivity contribution is 7.17. The lowest BCUT2D eigenvalue weighted by molar-refractivity contribution is -0.116. The van der Waals surface area contributed by atoms with Gasteiger partial charge in [-0.15, -0.1) is 11.3 Å². The number of thiophene rings is 1. The molecule has 6 heteroatoms. The number of hydrogen-bond donors (Lipinski definition) is 1. The molecule has 0 saturated heterocycles. The molecule has 1 heterocycles. The lowest BCUT2D eigenvalue weighted by Gasteiger charge is -2.33. The highest BCUT2D eigenvalue weighted by Gasteiger charge is 2.34. The van der Waals surface area contributed by atoms with Crippen molar-refractivity contribution in [1.82, 2.24) is 0 Å². The Hall–Kier alpha value is -2.34. The van der Waals surface area contributed by atoms with Gasteiger partial charge in [0.2, 0.25) is 5.91 Å². The maximum Gasteiger partial charge on any atom is 0.341 e. The van der Waals surface area contributed by atoms with Crippen molar-refractivity contribution < 1.29 is 19.1 Å². The predicted molar refractivity (Wildman–Crippen MR) is 130 cm³/mol. The number of ether oxygens (including phenoxy) is 2. The van der Waals surface area contributed by atoms with Crippen LogP contribution >= 0.6 is 11.3 Å². The van der Waals surface area contributed by atoms with Crippen LogP contribution in [0.5, 0.6) is 5.75 Å². The molecular weight excluding hydrogens is 422 g/mol. The molecule has 1 amide bonds. The normalized spacial score (nSPS) is 15.8. The molecule has 1 aromatic carbocycles. The van der Waals surface area contributed by atoms with Gasteiger partial charge < -0.3 is 14.8 Å². The summed E-state index contributed by atoms with van der Waals surface area (Å²) in [5, 5.41) is 3.60. The van der Waals surface area contributed by atoms with Gasteiger partial charge in [-0.2, -0.15) is 0 Å². The number of hydrogen-bond acceptors (Lipinski definition) is 5. The van der Waals surface area contributed by atoms with Crippen molar-refractivity contribution in [2.45, 2.75) is 66.7 Å². The fourth-order valence-electron chi connectivity index (χ4n) is 4.20. The molecule has 0 bridgehead atoms. The van der Waals surface area contributed by atoms with Crippen LogP contribution in [0.4, 0.5) is 5.00 Å². The Balaban J connectivity index is 1.63. The summed E-state index contributed by atoms with van der Waals surface area (Å²) in [6.45, 7) is 11.3. The number of amides is 1. The number of benzene rings is 1. The fourth-order valence-corrected chi connectivity index (χ4v) is 5.53. The first-order valence-corrected chi connectivity index (χ1v) is 12.1. The molecule has 0 fully saturated rings. The zero-order valence-electron chi connectivity index (χ0n) is 20.1. The lowest BCUT2D eigenvalue weighted by atomic mass is 9.72. The summed E-state index contributed by atoms with van der Waals surface area (Å²) in [6.07, 6.45) is 3.76. The molecule has 1 aromatic heterocycles. The van der Waals surface area contributed by atoms with E-state index in [0.717, 1.165) is 41.7 Å². The Labute approximate surface area is 195 Å². The summed E-state index contributed by atoms with van der Waals surface area (Å²) in [5.41, 5.74) is 4.04. The topological polar surface area (TPSA) is 64.6 Å². The molecule has 174 valence electrons. The standard InChI is InChI=1S/C26H35NO4S/c1-16-9-10-17(2)20(14-16)31-13-7-8-22(28)27-24-23(25(29)30-6)19-12-11-18(26(3,4)5)15-21(19)32-24/h9-10,14,18H,7-8,11-13,15H2,1-6H3,(H,27,28). The first-order valence-electron chi connectivity index (χ1n) is 11.3. The second kappa shape index (κ2) is 10.1. The lowest BCUT2D eigenvalue weighted by Crippen LogP contribution is -2.26. The maximum atomic E-state index is 12.6. The number of esters is 1. The molecule has 0 aliphatic heterocycles. The van der Waals surface area contributed by atoms with E-state index in [1.54, 1.807) is 0 Å². The van der Waals surface area contributed by atoms with Crippen LogP contribution in [-0.4, -0.2) is 25.6 Å².